The van der Waals surface area contributed by atoms with Crippen LogP contribution in [0.2, 0.25) is 0 Å². The van der Waals surface area contributed by atoms with Gasteiger partial charge in [-0.2, -0.15) is 5.10 Å². The first-order valence-electron chi connectivity index (χ1n) is 6.30. The molecule has 0 saturated carbocycles. The Morgan fingerprint density at radius 3 is 2.74 bits per heavy atom. The summed E-state index contributed by atoms with van der Waals surface area (Å²) in [5, 5.41) is 18.4. The number of rotatable bonds is 6. The van der Waals surface area contributed by atoms with Crippen LogP contribution in [0.5, 0.6) is 0 Å². The maximum Gasteiger partial charge on any atom is 0.310 e. The van der Waals surface area contributed by atoms with E-state index in [0.717, 1.165) is 4.88 Å². The molecule has 2 rings (SSSR count). The molecule has 0 spiro atoms. The lowest BCUT2D eigenvalue weighted by Crippen LogP contribution is -2.32. The van der Waals surface area contributed by atoms with Gasteiger partial charge < -0.3 is 5.11 Å². The fourth-order valence-corrected chi connectivity index (χ4v) is 2.75. The number of H-pyrrole nitrogens is 1. The van der Waals surface area contributed by atoms with Crippen LogP contribution in [0.25, 0.3) is 10.7 Å². The number of hydrogen-bond donors (Lipinski definition) is 2. The molecule has 2 aromatic rings. The molecule has 0 aliphatic rings. The van der Waals surface area contributed by atoms with Gasteiger partial charge in [-0.15, -0.1) is 11.3 Å². The molecule has 0 aliphatic heterocycles. The number of carbonyl (C=O) groups is 1. The molecule has 0 atom stereocenters. The predicted octanol–water partition coefficient (Wildman–Crippen LogP) is 2.97. The van der Waals surface area contributed by atoms with Gasteiger partial charge >= 0.3 is 5.97 Å². The minimum Gasteiger partial charge on any atom is -0.481 e. The summed E-state index contributed by atoms with van der Waals surface area (Å²) in [6.45, 7) is 3.79. The third kappa shape index (κ3) is 2.68. The topological polar surface area (TPSA) is 78.9 Å². The molecule has 0 saturated heterocycles. The summed E-state index contributed by atoms with van der Waals surface area (Å²) in [4.78, 5) is 16.8. The minimum absolute atomic E-state index is 0.383. The minimum atomic E-state index is -0.772. The monoisotopic (exact) mass is 279 g/mol. The number of carboxylic acids is 1. The second kappa shape index (κ2) is 5.52. The van der Waals surface area contributed by atoms with Crippen molar-refractivity contribution in [2.45, 2.75) is 33.1 Å². The van der Waals surface area contributed by atoms with Crippen LogP contribution in [0.15, 0.2) is 17.5 Å². The summed E-state index contributed by atoms with van der Waals surface area (Å²) in [5.41, 5.74) is -0.758. The van der Waals surface area contributed by atoms with Crippen molar-refractivity contribution in [1.82, 2.24) is 15.2 Å². The van der Waals surface area contributed by atoms with E-state index in [2.05, 4.69) is 15.2 Å². The maximum atomic E-state index is 11.5. The number of aromatic amines is 1. The second-order valence-electron chi connectivity index (χ2n) is 4.55. The van der Waals surface area contributed by atoms with Gasteiger partial charge in [0.2, 0.25) is 0 Å². The molecule has 102 valence electrons. The number of aliphatic carboxylic acids is 1. The van der Waals surface area contributed by atoms with E-state index in [1.165, 1.54) is 0 Å². The number of aromatic nitrogens is 3. The van der Waals surface area contributed by atoms with Crippen molar-refractivity contribution in [2.75, 3.05) is 0 Å². The Bertz CT molecular complexity index is 544. The smallest absolute Gasteiger partial charge is 0.310 e. The van der Waals surface area contributed by atoms with E-state index in [1.807, 2.05) is 31.4 Å². The van der Waals surface area contributed by atoms with Gasteiger partial charge in [-0.05, 0) is 24.3 Å². The summed E-state index contributed by atoms with van der Waals surface area (Å²) in [7, 11) is 0. The number of carboxylic acid groups (broad SMARTS) is 1. The van der Waals surface area contributed by atoms with Crippen LogP contribution >= 0.6 is 11.3 Å². The van der Waals surface area contributed by atoms with Crippen molar-refractivity contribution in [3.05, 3.63) is 23.3 Å². The quantitative estimate of drug-likeness (QED) is 0.852. The van der Waals surface area contributed by atoms with Crippen LogP contribution in [0.4, 0.5) is 0 Å². The lowest BCUT2D eigenvalue weighted by molar-refractivity contribution is -0.149. The molecule has 2 N–H and O–H groups in total. The molecule has 2 heterocycles. The molecule has 0 aromatic carbocycles. The predicted molar refractivity (Wildman–Crippen MR) is 74.1 cm³/mol. The summed E-state index contributed by atoms with van der Waals surface area (Å²) in [6, 6.07) is 3.89. The van der Waals surface area contributed by atoms with Crippen molar-refractivity contribution in [1.29, 1.82) is 0 Å². The maximum absolute atomic E-state index is 11.5. The number of hydrogen-bond acceptors (Lipinski definition) is 4. The van der Waals surface area contributed by atoms with E-state index < -0.39 is 11.4 Å². The van der Waals surface area contributed by atoms with Gasteiger partial charge in [-0.25, -0.2) is 4.98 Å². The molecule has 0 amide bonds. The first kappa shape index (κ1) is 13.7. The highest BCUT2D eigenvalue weighted by molar-refractivity contribution is 7.13. The van der Waals surface area contributed by atoms with Crippen LogP contribution < -0.4 is 0 Å². The number of thiophene rings is 1. The zero-order chi connectivity index (χ0) is 13.9. The first-order valence-corrected chi connectivity index (χ1v) is 7.18. The largest absolute Gasteiger partial charge is 0.481 e. The lowest BCUT2D eigenvalue weighted by Gasteiger charge is -2.25. The van der Waals surface area contributed by atoms with E-state index in [-0.39, 0.29) is 0 Å². The Hall–Kier alpha value is -1.69. The standard InChI is InChI=1S/C13H17N3O2S/c1-3-13(4-2,12(17)18)8-10-14-11(16-15-10)9-6-5-7-19-9/h5-7H,3-4,8H2,1-2H3,(H,17,18)(H,14,15,16). The van der Waals surface area contributed by atoms with Crippen molar-refractivity contribution < 1.29 is 9.90 Å². The Balaban J connectivity index is 2.22. The molecule has 0 unspecified atom stereocenters. The van der Waals surface area contributed by atoms with Gasteiger partial charge in [-0.1, -0.05) is 19.9 Å². The highest BCUT2D eigenvalue weighted by Crippen LogP contribution is 2.31. The Labute approximate surface area is 115 Å². The normalized spacial score (nSPS) is 11.7. The molecule has 0 fully saturated rings. The van der Waals surface area contributed by atoms with Gasteiger partial charge in [0, 0.05) is 6.42 Å². The summed E-state index contributed by atoms with van der Waals surface area (Å²) < 4.78 is 0. The van der Waals surface area contributed by atoms with Crippen molar-refractivity contribution in [3.8, 4) is 10.7 Å². The first-order chi connectivity index (χ1) is 9.11. The fourth-order valence-electron chi connectivity index (χ4n) is 2.09. The van der Waals surface area contributed by atoms with Crippen LogP contribution in [-0.2, 0) is 11.2 Å². The van der Waals surface area contributed by atoms with E-state index in [1.54, 1.807) is 11.3 Å². The van der Waals surface area contributed by atoms with Gasteiger partial charge in [-0.3, -0.25) is 9.89 Å². The third-order valence-electron chi connectivity index (χ3n) is 3.59. The Morgan fingerprint density at radius 2 is 2.21 bits per heavy atom. The van der Waals surface area contributed by atoms with Gasteiger partial charge in [0.15, 0.2) is 5.82 Å². The average molecular weight is 279 g/mol. The third-order valence-corrected chi connectivity index (χ3v) is 4.45. The second-order valence-corrected chi connectivity index (χ2v) is 5.50. The van der Waals surface area contributed by atoms with Gasteiger partial charge in [0.1, 0.15) is 5.82 Å². The van der Waals surface area contributed by atoms with Crippen LogP contribution in [0.3, 0.4) is 0 Å². The van der Waals surface area contributed by atoms with Crippen molar-refractivity contribution in [2.24, 2.45) is 5.41 Å². The van der Waals surface area contributed by atoms with Crippen molar-refractivity contribution >= 4 is 17.3 Å². The fraction of sp³-hybridized carbons (Fsp3) is 0.462. The lowest BCUT2D eigenvalue weighted by atomic mass is 9.79. The summed E-state index contributed by atoms with van der Waals surface area (Å²) in [5.74, 6) is 0.498. The molecule has 0 radical (unpaired) electrons. The molecular formula is C13H17N3O2S. The molecule has 0 aliphatic carbocycles. The van der Waals surface area contributed by atoms with Crippen LogP contribution in [-0.4, -0.2) is 26.3 Å². The van der Waals surface area contributed by atoms with Crippen LogP contribution in [0, 0.1) is 5.41 Å². The van der Waals surface area contributed by atoms with E-state index in [0.29, 0.717) is 30.9 Å². The van der Waals surface area contributed by atoms with Crippen LogP contribution in [0.1, 0.15) is 32.5 Å². The molecular weight excluding hydrogens is 262 g/mol. The van der Waals surface area contributed by atoms with Crippen molar-refractivity contribution in [3.63, 3.8) is 0 Å². The molecule has 5 nitrogen and oxygen atoms in total. The number of nitrogens with one attached hydrogen (secondary N) is 1. The Kier molecular flexibility index (Phi) is 3.99. The molecule has 0 bridgehead atoms. The Morgan fingerprint density at radius 1 is 1.47 bits per heavy atom. The highest BCUT2D eigenvalue weighted by atomic mass is 32.1. The SMILES string of the molecule is CCC(CC)(Cc1nc(-c2cccs2)n[nH]1)C(=O)O. The highest BCUT2D eigenvalue weighted by Gasteiger charge is 2.36. The molecule has 2 aromatic heterocycles. The van der Waals surface area contributed by atoms with E-state index in [9.17, 15) is 9.90 Å². The average Bonchev–Trinajstić information content (AvgIpc) is 3.06. The zero-order valence-electron chi connectivity index (χ0n) is 11.0. The molecule has 19 heavy (non-hydrogen) atoms. The van der Waals surface area contributed by atoms with Gasteiger partial charge in [0.25, 0.3) is 0 Å². The number of nitrogens with zero attached hydrogens (tertiary/aromatic N) is 2. The zero-order valence-corrected chi connectivity index (χ0v) is 11.8. The van der Waals surface area contributed by atoms with Gasteiger partial charge in [0.05, 0.1) is 10.3 Å². The molecule has 6 heteroatoms. The van der Waals surface area contributed by atoms with E-state index in [4.69, 9.17) is 0 Å². The summed E-state index contributed by atoms with van der Waals surface area (Å²) in [6.07, 6.45) is 1.54. The van der Waals surface area contributed by atoms with E-state index >= 15 is 0 Å². The summed E-state index contributed by atoms with van der Waals surface area (Å²) >= 11 is 1.56.